The third-order valence-corrected chi connectivity index (χ3v) is 4.29. The van der Waals surface area contributed by atoms with Gasteiger partial charge in [0, 0.05) is 11.4 Å². The van der Waals surface area contributed by atoms with E-state index in [1.807, 2.05) is 24.4 Å². The van der Waals surface area contributed by atoms with Crippen molar-refractivity contribution in [2.45, 2.75) is 25.4 Å². The number of rotatable bonds is 6. The molecule has 0 saturated heterocycles. The first-order valence-corrected chi connectivity index (χ1v) is 7.30. The zero-order valence-corrected chi connectivity index (χ0v) is 12.0. The fraction of sp³-hybridized carbons (Fsp3) is 0.267. The summed E-state index contributed by atoms with van der Waals surface area (Å²) in [5.74, 6) is -0.873. The van der Waals surface area contributed by atoms with Crippen LogP contribution >= 0.6 is 11.3 Å². The van der Waals surface area contributed by atoms with Crippen LogP contribution in [0.2, 0.25) is 0 Å². The van der Waals surface area contributed by atoms with Gasteiger partial charge in [-0.05, 0) is 35.6 Å². The van der Waals surface area contributed by atoms with E-state index in [0.29, 0.717) is 18.5 Å². The van der Waals surface area contributed by atoms with Gasteiger partial charge in [0.15, 0.2) is 0 Å². The van der Waals surface area contributed by atoms with Crippen molar-refractivity contribution in [3.63, 3.8) is 0 Å². The molecule has 20 heavy (non-hydrogen) atoms. The lowest BCUT2D eigenvalue weighted by Gasteiger charge is -2.31. The number of hydrogen-bond donors (Lipinski definition) is 2. The van der Waals surface area contributed by atoms with Crippen LogP contribution in [0.1, 0.15) is 23.8 Å². The van der Waals surface area contributed by atoms with Crippen LogP contribution in [0, 0.1) is 5.82 Å². The summed E-state index contributed by atoms with van der Waals surface area (Å²) in [6, 6.07) is 9.94. The van der Waals surface area contributed by atoms with Gasteiger partial charge >= 0.3 is 0 Å². The lowest BCUT2D eigenvalue weighted by molar-refractivity contribution is -0.125. The normalized spacial score (nSPS) is 13.9. The zero-order valence-electron chi connectivity index (χ0n) is 11.2. The van der Waals surface area contributed by atoms with Crippen molar-refractivity contribution < 1.29 is 9.18 Å². The number of hydrogen-bond acceptors (Lipinski definition) is 3. The molecule has 0 fully saturated rings. The molecule has 2 aromatic rings. The molecule has 0 bridgehead atoms. The quantitative estimate of drug-likeness (QED) is 0.860. The highest BCUT2D eigenvalue weighted by Crippen LogP contribution is 2.26. The van der Waals surface area contributed by atoms with E-state index in [1.165, 1.54) is 12.1 Å². The number of carbonyl (C=O) groups is 1. The van der Waals surface area contributed by atoms with Gasteiger partial charge in [-0.3, -0.25) is 10.1 Å². The van der Waals surface area contributed by atoms with E-state index < -0.39 is 11.4 Å². The molecule has 1 atom stereocenters. The summed E-state index contributed by atoms with van der Waals surface area (Å²) in [5, 5.41) is 5.17. The Morgan fingerprint density at radius 2 is 2.20 bits per heavy atom. The highest BCUT2D eigenvalue weighted by Gasteiger charge is 2.36. The Labute approximate surface area is 121 Å². The summed E-state index contributed by atoms with van der Waals surface area (Å²) in [4.78, 5) is 13.1. The number of amides is 1. The Bertz CT molecular complexity index is 585. The van der Waals surface area contributed by atoms with E-state index in [0.717, 1.165) is 4.88 Å². The van der Waals surface area contributed by atoms with E-state index >= 15 is 0 Å². The summed E-state index contributed by atoms with van der Waals surface area (Å²) in [6.07, 6.45) is 0.456. The number of carbonyl (C=O) groups excluding carboxylic acids is 1. The number of halogens is 1. The largest absolute Gasteiger partial charge is 0.368 e. The lowest BCUT2D eigenvalue weighted by Crippen LogP contribution is -2.52. The highest BCUT2D eigenvalue weighted by atomic mass is 32.1. The van der Waals surface area contributed by atoms with Gasteiger partial charge in [0.05, 0.1) is 0 Å². The summed E-state index contributed by atoms with van der Waals surface area (Å²) < 4.78 is 13.4. The second-order valence-corrected chi connectivity index (χ2v) is 5.60. The zero-order chi connectivity index (χ0) is 14.6. The molecular formula is C15H17FN2OS. The average Bonchev–Trinajstić information content (AvgIpc) is 2.93. The molecule has 1 amide bonds. The van der Waals surface area contributed by atoms with Crippen molar-refractivity contribution in [2.24, 2.45) is 5.73 Å². The number of thiophene rings is 1. The van der Waals surface area contributed by atoms with Gasteiger partial charge in [0.1, 0.15) is 11.4 Å². The van der Waals surface area contributed by atoms with Crippen LogP contribution in [0.4, 0.5) is 4.39 Å². The van der Waals surface area contributed by atoms with Gasteiger partial charge in [-0.1, -0.05) is 25.1 Å². The SMILES string of the molecule is CCC(NCc1cccs1)(C(N)=O)c1cccc(F)c1. The molecule has 1 heterocycles. The number of nitrogens with one attached hydrogen (secondary N) is 1. The van der Waals surface area contributed by atoms with Crippen LogP contribution in [0.5, 0.6) is 0 Å². The van der Waals surface area contributed by atoms with Crippen molar-refractivity contribution in [3.8, 4) is 0 Å². The maximum atomic E-state index is 13.4. The molecule has 1 unspecified atom stereocenters. The molecule has 2 rings (SSSR count). The summed E-state index contributed by atoms with van der Waals surface area (Å²) >= 11 is 1.60. The topological polar surface area (TPSA) is 55.1 Å². The second kappa shape index (κ2) is 6.15. The number of benzene rings is 1. The molecule has 1 aromatic heterocycles. The van der Waals surface area contributed by atoms with Crippen molar-refractivity contribution >= 4 is 17.2 Å². The van der Waals surface area contributed by atoms with Crippen molar-refractivity contribution in [3.05, 3.63) is 58.0 Å². The smallest absolute Gasteiger partial charge is 0.242 e. The standard InChI is InChI=1S/C15H17FN2OS/c1-2-15(14(17)19,11-5-3-6-12(16)9-11)18-10-13-7-4-8-20-13/h3-9,18H,2,10H2,1H3,(H2,17,19). The molecule has 106 valence electrons. The fourth-order valence-corrected chi connectivity index (χ4v) is 2.88. The lowest BCUT2D eigenvalue weighted by atomic mass is 9.86. The van der Waals surface area contributed by atoms with E-state index in [1.54, 1.807) is 23.5 Å². The van der Waals surface area contributed by atoms with Crippen LogP contribution in [0.15, 0.2) is 41.8 Å². The van der Waals surface area contributed by atoms with Gasteiger partial charge < -0.3 is 5.73 Å². The number of primary amides is 1. The minimum atomic E-state index is -1.05. The Morgan fingerprint density at radius 1 is 1.40 bits per heavy atom. The maximum absolute atomic E-state index is 13.4. The van der Waals surface area contributed by atoms with Crippen LogP contribution < -0.4 is 11.1 Å². The third kappa shape index (κ3) is 2.89. The van der Waals surface area contributed by atoms with Gasteiger partial charge in [-0.15, -0.1) is 11.3 Å². The summed E-state index contributed by atoms with van der Waals surface area (Å²) in [7, 11) is 0. The van der Waals surface area contributed by atoms with E-state index in [-0.39, 0.29) is 5.82 Å². The first-order valence-electron chi connectivity index (χ1n) is 6.42. The van der Waals surface area contributed by atoms with Gasteiger partial charge in [-0.2, -0.15) is 0 Å². The Morgan fingerprint density at radius 3 is 2.75 bits per heavy atom. The van der Waals surface area contributed by atoms with Crippen LogP contribution in [0.3, 0.4) is 0 Å². The third-order valence-electron chi connectivity index (χ3n) is 3.41. The minimum absolute atomic E-state index is 0.375. The molecule has 3 nitrogen and oxygen atoms in total. The minimum Gasteiger partial charge on any atom is -0.368 e. The molecular weight excluding hydrogens is 275 g/mol. The van der Waals surface area contributed by atoms with Crippen molar-refractivity contribution in [1.82, 2.24) is 5.32 Å². The van der Waals surface area contributed by atoms with Crippen LogP contribution in [-0.2, 0) is 16.9 Å². The Kier molecular flexibility index (Phi) is 4.52. The van der Waals surface area contributed by atoms with Gasteiger partial charge in [0.2, 0.25) is 5.91 Å². The highest BCUT2D eigenvalue weighted by molar-refractivity contribution is 7.09. The predicted octanol–water partition coefficient (Wildman–Crippen LogP) is 2.77. The molecule has 5 heteroatoms. The Hall–Kier alpha value is -1.72. The van der Waals surface area contributed by atoms with Crippen LogP contribution in [-0.4, -0.2) is 5.91 Å². The number of nitrogens with two attached hydrogens (primary N) is 1. The summed E-state index contributed by atoms with van der Waals surface area (Å²) in [6.45, 7) is 2.38. The van der Waals surface area contributed by atoms with Gasteiger partial charge in [-0.25, -0.2) is 4.39 Å². The first kappa shape index (κ1) is 14.7. The molecule has 3 N–H and O–H groups in total. The predicted molar refractivity (Wildman–Crippen MR) is 78.7 cm³/mol. The van der Waals surface area contributed by atoms with Gasteiger partial charge in [0.25, 0.3) is 0 Å². The van der Waals surface area contributed by atoms with E-state index in [2.05, 4.69) is 5.32 Å². The maximum Gasteiger partial charge on any atom is 0.242 e. The van der Waals surface area contributed by atoms with Crippen LogP contribution in [0.25, 0.3) is 0 Å². The Balaban J connectivity index is 2.32. The molecule has 0 spiro atoms. The van der Waals surface area contributed by atoms with E-state index in [9.17, 15) is 9.18 Å². The molecule has 0 aliphatic heterocycles. The molecule has 0 radical (unpaired) electrons. The fourth-order valence-electron chi connectivity index (χ4n) is 2.24. The molecule has 1 aromatic carbocycles. The monoisotopic (exact) mass is 292 g/mol. The molecule has 0 aliphatic carbocycles. The average molecular weight is 292 g/mol. The molecule has 0 saturated carbocycles. The van der Waals surface area contributed by atoms with Crippen molar-refractivity contribution in [1.29, 1.82) is 0 Å². The van der Waals surface area contributed by atoms with E-state index in [4.69, 9.17) is 5.73 Å². The second-order valence-electron chi connectivity index (χ2n) is 4.57. The first-order chi connectivity index (χ1) is 9.58. The summed E-state index contributed by atoms with van der Waals surface area (Å²) in [5.41, 5.74) is 5.09. The molecule has 0 aliphatic rings. The van der Waals surface area contributed by atoms with Crippen molar-refractivity contribution in [2.75, 3.05) is 0 Å².